The molecule has 2 heterocycles. The van der Waals surface area contributed by atoms with Crippen molar-refractivity contribution in [3.8, 4) is 0 Å². The maximum Gasteiger partial charge on any atom is 0.248 e. The van der Waals surface area contributed by atoms with Crippen molar-refractivity contribution in [1.29, 1.82) is 0 Å². The van der Waals surface area contributed by atoms with E-state index >= 15 is 0 Å². The zero-order valence-corrected chi connectivity index (χ0v) is 32.9. The maximum atomic E-state index is 14.2. The Kier molecular flexibility index (Phi) is 16.4. The number of nitrogens with two attached hydrogens (primary N) is 2. The molecule has 1 aromatic carbocycles. The topological polar surface area (TPSA) is 280 Å². The molecule has 0 unspecified atom stereocenters. The molecule has 0 saturated carbocycles. The van der Waals surface area contributed by atoms with Crippen molar-refractivity contribution in [3.63, 3.8) is 0 Å². The molecule has 55 heavy (non-hydrogen) atoms. The second-order valence-electron chi connectivity index (χ2n) is 14.9. The smallest absolute Gasteiger partial charge is 0.248 e. The summed E-state index contributed by atoms with van der Waals surface area (Å²) < 4.78 is 0. The number of halogens is 1. The first-order valence-corrected chi connectivity index (χ1v) is 19.0. The molecule has 1 saturated heterocycles. The van der Waals surface area contributed by atoms with Crippen molar-refractivity contribution in [2.45, 2.75) is 116 Å². The van der Waals surface area contributed by atoms with Crippen molar-refractivity contribution in [1.82, 2.24) is 36.9 Å². The first kappa shape index (κ1) is 44.7. The summed E-state index contributed by atoms with van der Waals surface area (Å²) in [6.07, 6.45) is 0.0242. The molecular weight excluding hydrogens is 734 g/mol. The van der Waals surface area contributed by atoms with Crippen LogP contribution in [0.2, 0.25) is 5.02 Å². The van der Waals surface area contributed by atoms with Crippen molar-refractivity contribution < 1.29 is 38.7 Å². The summed E-state index contributed by atoms with van der Waals surface area (Å²) in [5.74, 6) is -7.39. The number of primary amides is 1. The Balaban J connectivity index is 2.19. The number of rotatable bonds is 12. The molecule has 0 aliphatic carbocycles. The summed E-state index contributed by atoms with van der Waals surface area (Å²) in [4.78, 5) is 99.0. The van der Waals surface area contributed by atoms with Gasteiger partial charge in [0.2, 0.25) is 41.4 Å². The van der Waals surface area contributed by atoms with Crippen molar-refractivity contribution in [3.05, 3.63) is 35.0 Å². The van der Waals surface area contributed by atoms with Crippen LogP contribution in [-0.4, -0.2) is 100 Å². The van der Waals surface area contributed by atoms with Gasteiger partial charge in [-0.1, -0.05) is 59.6 Å². The first-order valence-electron chi connectivity index (χ1n) is 18.6. The van der Waals surface area contributed by atoms with Gasteiger partial charge in [0, 0.05) is 28.5 Å². The van der Waals surface area contributed by atoms with Gasteiger partial charge in [0.05, 0.1) is 0 Å². The highest BCUT2D eigenvalue weighted by molar-refractivity contribution is 6.31. The van der Waals surface area contributed by atoms with Crippen LogP contribution in [0.1, 0.15) is 72.8 Å². The zero-order valence-electron chi connectivity index (χ0n) is 32.2. The van der Waals surface area contributed by atoms with E-state index in [1.807, 2.05) is 20.8 Å². The van der Waals surface area contributed by atoms with Gasteiger partial charge in [0.15, 0.2) is 6.10 Å². The quantitative estimate of drug-likeness (QED) is 0.134. The van der Waals surface area contributed by atoms with Gasteiger partial charge in [0.25, 0.3) is 0 Å². The summed E-state index contributed by atoms with van der Waals surface area (Å²) in [5.41, 5.74) is 12.3. The third-order valence-corrected chi connectivity index (χ3v) is 9.92. The highest BCUT2D eigenvalue weighted by atomic mass is 35.5. The zero-order chi connectivity index (χ0) is 41.1. The van der Waals surface area contributed by atoms with E-state index in [1.165, 1.54) is 0 Å². The maximum absolute atomic E-state index is 14.2. The number of carbonyl (C=O) groups is 7. The molecule has 0 spiro atoms. The van der Waals surface area contributed by atoms with Crippen LogP contribution < -0.4 is 43.4 Å². The number of H-pyrrole nitrogens is 1. The molecule has 18 heteroatoms. The Labute approximate surface area is 325 Å². The molecule has 1 aliphatic heterocycles. The van der Waals surface area contributed by atoms with Gasteiger partial charge in [-0.3, -0.25) is 33.6 Å². The van der Waals surface area contributed by atoms with Gasteiger partial charge in [-0.25, -0.2) is 0 Å². The van der Waals surface area contributed by atoms with E-state index in [1.54, 1.807) is 45.2 Å². The molecule has 3 rings (SSSR count). The Bertz CT molecular complexity index is 1720. The number of aromatic amines is 1. The summed E-state index contributed by atoms with van der Waals surface area (Å²) in [7, 11) is 0. The van der Waals surface area contributed by atoms with E-state index in [0.29, 0.717) is 27.9 Å². The second-order valence-corrected chi connectivity index (χ2v) is 15.3. The van der Waals surface area contributed by atoms with Gasteiger partial charge in [0.1, 0.15) is 36.3 Å². The number of amides is 7. The molecule has 0 radical (unpaired) electrons. The summed E-state index contributed by atoms with van der Waals surface area (Å²) >= 11 is 6.26. The van der Waals surface area contributed by atoms with Gasteiger partial charge < -0.3 is 53.5 Å². The number of benzene rings is 1. The van der Waals surface area contributed by atoms with E-state index < -0.39 is 95.5 Å². The average molecular weight is 790 g/mol. The highest BCUT2D eigenvalue weighted by Crippen LogP contribution is 2.24. The molecule has 1 aromatic heterocycles. The molecule has 17 nitrogen and oxygen atoms in total. The van der Waals surface area contributed by atoms with Crippen LogP contribution in [0.3, 0.4) is 0 Å². The number of aliphatic hydroxyl groups excluding tert-OH is 1. The van der Waals surface area contributed by atoms with E-state index in [-0.39, 0.29) is 38.1 Å². The fourth-order valence-electron chi connectivity index (χ4n) is 6.28. The first-order chi connectivity index (χ1) is 25.9. The fourth-order valence-corrected chi connectivity index (χ4v) is 6.45. The predicted molar refractivity (Wildman–Crippen MR) is 206 cm³/mol. The highest BCUT2D eigenvalue weighted by Gasteiger charge is 2.39. The number of fused-ring (bicyclic) bond motifs is 1. The number of hydrogen-bond donors (Lipinski definition) is 10. The largest absolute Gasteiger partial charge is 0.381 e. The van der Waals surface area contributed by atoms with Crippen molar-refractivity contribution in [2.75, 3.05) is 6.54 Å². The molecule has 2 aromatic rings. The lowest BCUT2D eigenvalue weighted by Gasteiger charge is -2.32. The van der Waals surface area contributed by atoms with Gasteiger partial charge in [-0.15, -0.1) is 0 Å². The number of aromatic nitrogens is 1. The monoisotopic (exact) mass is 789 g/mol. The van der Waals surface area contributed by atoms with Crippen LogP contribution in [-0.2, 0) is 40.0 Å². The van der Waals surface area contributed by atoms with E-state index in [4.69, 9.17) is 23.1 Å². The molecule has 0 bridgehead atoms. The minimum absolute atomic E-state index is 0.0208. The Morgan fingerprint density at radius 1 is 0.782 bits per heavy atom. The standard InChI is InChI=1S/C37H56ClN9O8/c1-7-19(6)28-36(54)42-24(9-8-12-39)32(50)47-29(30(48)31(40)49)37(55)44-26(14-20-16-41-23-11-10-21(38)15-22(20)23)34(52)45-27(18(4)5)35(53)43-25(13-17(2)3)33(51)46-28/h10-11,15-19,24-30,41,48H,7-9,12-14,39H2,1-6H3,(H2,40,49)(H,42,54)(H,43,53)(H,44,55)(H,45,52)(H,46,51)(H,47,50)/t19-,24+,25-,26+,27-,28+,29-,30+/m1/s1. The normalized spacial score (nSPS) is 24.9. The summed E-state index contributed by atoms with van der Waals surface area (Å²) in [6.45, 7) is 10.8. The van der Waals surface area contributed by atoms with Crippen LogP contribution >= 0.6 is 11.6 Å². The van der Waals surface area contributed by atoms with Gasteiger partial charge >= 0.3 is 0 Å². The van der Waals surface area contributed by atoms with Crippen molar-refractivity contribution >= 4 is 63.9 Å². The third kappa shape index (κ3) is 12.1. The number of nitrogens with one attached hydrogen (secondary N) is 7. The van der Waals surface area contributed by atoms with Crippen molar-refractivity contribution in [2.24, 2.45) is 29.2 Å². The van der Waals surface area contributed by atoms with Crippen LogP contribution in [0.15, 0.2) is 24.4 Å². The minimum atomic E-state index is -2.27. The molecular formula is C37H56ClN9O8. The number of carbonyl (C=O) groups excluding carboxylic acids is 7. The van der Waals surface area contributed by atoms with E-state index in [9.17, 15) is 38.7 Å². The van der Waals surface area contributed by atoms with Crippen LogP contribution in [0, 0.1) is 17.8 Å². The van der Waals surface area contributed by atoms with Crippen LogP contribution in [0.25, 0.3) is 10.9 Å². The van der Waals surface area contributed by atoms with Crippen LogP contribution in [0.4, 0.5) is 0 Å². The lowest BCUT2D eigenvalue weighted by atomic mass is 9.95. The summed E-state index contributed by atoms with van der Waals surface area (Å²) in [6, 6.07) is -3.26. The third-order valence-electron chi connectivity index (χ3n) is 9.68. The molecule has 12 N–H and O–H groups in total. The molecule has 1 aliphatic rings. The Morgan fingerprint density at radius 3 is 1.93 bits per heavy atom. The molecule has 1 fully saturated rings. The lowest BCUT2D eigenvalue weighted by Crippen LogP contribution is -2.65. The van der Waals surface area contributed by atoms with Gasteiger partial charge in [-0.05, 0) is 67.3 Å². The SMILES string of the molecule is CC[C@@H](C)[C@@H]1NC(=O)[C@@H](CC(C)C)NC(=O)[C@@H](C(C)C)NC(=O)[C@H](Cc2c[nH]c3ccc(Cl)cc23)NC(=O)[C@@H]([C@H](O)C(N)=O)NC(=O)[C@H](CCCN)NC1=O. The van der Waals surface area contributed by atoms with Crippen LogP contribution in [0.5, 0.6) is 0 Å². The second kappa shape index (κ2) is 20.3. The molecule has 304 valence electrons. The Hall–Kier alpha value is -4.74. The predicted octanol–water partition coefficient (Wildman–Crippen LogP) is -0.380. The average Bonchev–Trinajstić information content (AvgIpc) is 3.52. The van der Waals surface area contributed by atoms with E-state index in [0.717, 1.165) is 0 Å². The lowest BCUT2D eigenvalue weighted by molar-refractivity contribution is -0.141. The van der Waals surface area contributed by atoms with E-state index in [2.05, 4.69) is 36.9 Å². The number of aliphatic hydroxyl groups is 1. The Morgan fingerprint density at radius 2 is 1.33 bits per heavy atom. The fraction of sp³-hybridized carbons (Fsp3) is 0.595. The molecule has 8 atom stereocenters. The van der Waals surface area contributed by atoms with Gasteiger partial charge in [-0.2, -0.15) is 0 Å². The summed E-state index contributed by atoms with van der Waals surface area (Å²) in [5, 5.41) is 27.6. The molecule has 7 amide bonds. The minimum Gasteiger partial charge on any atom is -0.381 e. The number of hydrogen-bond acceptors (Lipinski definition) is 9.